The molecule has 0 radical (unpaired) electrons. The molecule has 0 aliphatic heterocycles. The van der Waals surface area contributed by atoms with E-state index in [1.54, 1.807) is 0 Å². The van der Waals surface area contributed by atoms with E-state index < -0.39 is 7.82 Å². The molecule has 0 atom stereocenters. The molecule has 6 heteroatoms. The second-order valence-corrected chi connectivity index (χ2v) is 11.6. The molecule has 0 aliphatic rings. The smallest absolute Gasteiger partial charge is 0.343 e. The van der Waals surface area contributed by atoms with E-state index in [9.17, 15) is 0 Å². The number of hydrogen-bond acceptors (Lipinski definition) is 1. The molecule has 0 spiro atoms. The first kappa shape index (κ1) is 41.6. The quantitative estimate of drug-likeness (QED) is 0.0428. The summed E-state index contributed by atoms with van der Waals surface area (Å²) in [6, 6.07) is 0. The van der Waals surface area contributed by atoms with E-state index in [1.165, 1.54) is 173 Å². The van der Waals surface area contributed by atoms with Crippen LogP contribution in [0.4, 0.5) is 0 Å². The maximum absolute atomic E-state index is 8.88. The van der Waals surface area contributed by atoms with Crippen molar-refractivity contribution in [2.45, 2.75) is 187 Å². The molecule has 0 aromatic heterocycles. The van der Waals surface area contributed by atoms with Crippen molar-refractivity contribution in [2.24, 2.45) is 0 Å². The molecule has 0 saturated heterocycles. The second-order valence-electron chi connectivity index (χ2n) is 10.6. The summed E-state index contributed by atoms with van der Waals surface area (Å²) in [5.41, 5.74) is 0. The molecule has 36 heavy (non-hydrogen) atoms. The van der Waals surface area contributed by atoms with Crippen LogP contribution in [0.1, 0.15) is 187 Å². The molecular formula is C30H64NaO4P. The molecule has 0 unspecified atom stereocenters. The number of rotatable bonds is 27. The third-order valence-electron chi connectivity index (χ3n) is 6.85. The van der Waals surface area contributed by atoms with Gasteiger partial charge >= 0.3 is 37.4 Å². The normalized spacial score (nSPS) is 11.1. The van der Waals surface area contributed by atoms with E-state index in [2.05, 4.69) is 13.8 Å². The van der Waals surface area contributed by atoms with Gasteiger partial charge in [0.15, 0.2) is 0 Å². The predicted octanol–water partition coefficient (Wildman–Crippen LogP) is 7.84. The minimum absolute atomic E-state index is 0. The van der Waals surface area contributed by atoms with Crippen LogP contribution in [0, 0.1) is 6.92 Å². The summed E-state index contributed by atoms with van der Waals surface area (Å²) in [6.07, 6.45) is 40.8. The van der Waals surface area contributed by atoms with Crippen LogP contribution in [0.15, 0.2) is 0 Å². The van der Waals surface area contributed by atoms with E-state index >= 15 is 0 Å². The maximum Gasteiger partial charge on any atom is 1.00 e. The van der Waals surface area contributed by atoms with Gasteiger partial charge in [0.05, 0.1) is 0 Å². The van der Waals surface area contributed by atoms with Gasteiger partial charge in [0.1, 0.15) is 0 Å². The Morgan fingerprint density at radius 1 is 0.417 bits per heavy atom. The van der Waals surface area contributed by atoms with Crippen molar-refractivity contribution in [1.29, 1.82) is 0 Å². The van der Waals surface area contributed by atoms with Crippen LogP contribution in [0.2, 0.25) is 0 Å². The summed E-state index contributed by atoms with van der Waals surface area (Å²) in [5, 5.41) is 0. The Kier molecular flexibility index (Phi) is 41.7. The molecule has 3 N–H and O–H groups in total. The molecule has 214 valence electrons. The predicted molar refractivity (Wildman–Crippen MR) is 155 cm³/mol. The second kappa shape index (κ2) is 36.1. The zero-order chi connectivity index (χ0) is 26.3. The molecule has 0 amide bonds. The van der Waals surface area contributed by atoms with E-state index in [1.807, 2.05) is 0 Å². The fourth-order valence-electron chi connectivity index (χ4n) is 4.67. The van der Waals surface area contributed by atoms with Crippen molar-refractivity contribution in [1.82, 2.24) is 0 Å². The van der Waals surface area contributed by atoms with Crippen molar-refractivity contribution in [3.05, 3.63) is 6.92 Å². The third kappa shape index (κ3) is 51.7. The van der Waals surface area contributed by atoms with Crippen LogP contribution in [0.25, 0.3) is 0 Å². The molecule has 0 aromatic carbocycles. The number of unbranched alkanes of at least 4 members (excludes halogenated alkanes) is 27. The van der Waals surface area contributed by atoms with Crippen LogP contribution in [0.3, 0.4) is 0 Å². The average Bonchev–Trinajstić information content (AvgIpc) is 2.80. The van der Waals surface area contributed by atoms with Crippen LogP contribution < -0.4 is 29.6 Å². The zero-order valence-corrected chi connectivity index (χ0v) is 27.6. The molecule has 0 heterocycles. The summed E-state index contributed by atoms with van der Waals surface area (Å²) in [5.74, 6) is 0. The van der Waals surface area contributed by atoms with E-state index in [4.69, 9.17) is 19.2 Å². The summed E-state index contributed by atoms with van der Waals surface area (Å²) in [6.45, 7) is 6.22. The molecule has 0 fully saturated rings. The summed E-state index contributed by atoms with van der Waals surface area (Å²) < 4.78 is 8.88. The van der Waals surface area contributed by atoms with Crippen LogP contribution in [-0.4, -0.2) is 14.7 Å². The van der Waals surface area contributed by atoms with Gasteiger partial charge in [-0.15, -0.1) is 0 Å². The Hall–Kier alpha value is 1.11. The monoisotopic (exact) mass is 542 g/mol. The van der Waals surface area contributed by atoms with Crippen molar-refractivity contribution >= 4 is 7.82 Å². The van der Waals surface area contributed by atoms with Crippen LogP contribution in [0.5, 0.6) is 0 Å². The molecule has 4 nitrogen and oxygen atoms in total. The minimum atomic E-state index is -4.64. The summed E-state index contributed by atoms with van der Waals surface area (Å²) >= 11 is 0. The number of phosphoric acid groups is 1. The van der Waals surface area contributed by atoms with Gasteiger partial charge in [0.2, 0.25) is 0 Å². The zero-order valence-electron chi connectivity index (χ0n) is 24.7. The van der Waals surface area contributed by atoms with Gasteiger partial charge in [-0.3, -0.25) is 0 Å². The SMILES string of the molecule is O=P(O)(O)O.[CH2-]CCCCCCCCCCCCCCCCCCCCCCCCCCCCC.[Na+]. The first-order valence-electron chi connectivity index (χ1n) is 15.5. The van der Waals surface area contributed by atoms with E-state index in [0.29, 0.717) is 0 Å². The maximum atomic E-state index is 8.88. The third-order valence-corrected chi connectivity index (χ3v) is 6.85. The molecule has 0 aromatic rings. The first-order chi connectivity index (χ1) is 16.9. The van der Waals surface area contributed by atoms with Gasteiger partial charge in [-0.1, -0.05) is 180 Å². The van der Waals surface area contributed by atoms with Gasteiger partial charge in [0.25, 0.3) is 0 Å². The van der Waals surface area contributed by atoms with E-state index in [-0.39, 0.29) is 29.6 Å². The molecule has 0 saturated carbocycles. The fraction of sp³-hybridized carbons (Fsp3) is 0.967. The number of hydrogen-bond donors (Lipinski definition) is 3. The van der Waals surface area contributed by atoms with Gasteiger partial charge in [0, 0.05) is 0 Å². The molecule has 0 bridgehead atoms. The molecule has 0 rings (SSSR count). The van der Waals surface area contributed by atoms with Gasteiger partial charge in [-0.2, -0.15) is 6.42 Å². The van der Waals surface area contributed by atoms with Gasteiger partial charge in [-0.05, 0) is 0 Å². The van der Waals surface area contributed by atoms with Crippen molar-refractivity contribution in [3.8, 4) is 0 Å². The van der Waals surface area contributed by atoms with E-state index in [0.717, 1.165) is 6.42 Å². The fourth-order valence-corrected chi connectivity index (χ4v) is 4.67. The Morgan fingerprint density at radius 3 is 0.694 bits per heavy atom. The summed E-state index contributed by atoms with van der Waals surface area (Å²) in [4.78, 5) is 21.6. The van der Waals surface area contributed by atoms with Crippen LogP contribution in [-0.2, 0) is 4.57 Å². The Labute approximate surface area is 249 Å². The average molecular weight is 543 g/mol. The summed E-state index contributed by atoms with van der Waals surface area (Å²) in [7, 11) is -4.64. The standard InChI is InChI=1S/C30H61.Na.H3O4P/c1-3-5-7-9-11-13-15-17-19-21-23-25-27-29-30-28-26-24-22-20-18-16-14-12-10-8-6-4-2;;1-5(2,3)4/h1,3-30H2,2H3;;(H3,1,2,3,4)/q-1;+1;. The van der Waals surface area contributed by atoms with Crippen molar-refractivity contribution < 1.29 is 48.8 Å². The van der Waals surface area contributed by atoms with Gasteiger partial charge < -0.3 is 21.6 Å². The Balaban J connectivity index is -0.00000164. The topological polar surface area (TPSA) is 77.8 Å². The Bertz CT molecular complexity index is 381. The molecular weight excluding hydrogens is 478 g/mol. The van der Waals surface area contributed by atoms with Crippen LogP contribution >= 0.6 is 7.82 Å². The first-order valence-corrected chi connectivity index (χ1v) is 17.1. The van der Waals surface area contributed by atoms with Gasteiger partial charge in [-0.25, -0.2) is 4.57 Å². The Morgan fingerprint density at radius 2 is 0.556 bits per heavy atom. The van der Waals surface area contributed by atoms with Crippen molar-refractivity contribution in [2.75, 3.05) is 0 Å². The largest absolute Gasteiger partial charge is 1.00 e. The minimum Gasteiger partial charge on any atom is -0.343 e. The van der Waals surface area contributed by atoms with Crippen molar-refractivity contribution in [3.63, 3.8) is 0 Å². The molecule has 0 aliphatic carbocycles.